The molecule has 3 heterocycles. The molecule has 11 aromatic carbocycles. The molecule has 0 unspecified atom stereocenters. The van der Waals surface area contributed by atoms with Gasteiger partial charge in [-0.25, -0.2) is 0 Å². The SMILES string of the molecule is c1ccc2cc(-c3ccc(N(c4ccc(-c5ccc6c(c5)oc5ccccc56)c5oc6ccccc6c45)c4cccc5c4c4ccccc4n5-c4cccc5ccccc45)cc3)ccc2c1. The highest BCUT2D eigenvalue weighted by Crippen LogP contribution is 2.50. The van der Waals surface area contributed by atoms with Crippen LogP contribution in [-0.2, 0) is 0 Å². The van der Waals surface area contributed by atoms with Crippen molar-refractivity contribution in [2.45, 2.75) is 0 Å². The molecule has 0 N–H and O–H groups in total. The van der Waals surface area contributed by atoms with E-state index in [1.165, 1.54) is 37.9 Å². The van der Waals surface area contributed by atoms with E-state index in [1.54, 1.807) is 0 Å². The summed E-state index contributed by atoms with van der Waals surface area (Å²) in [5.74, 6) is 0. The lowest BCUT2D eigenvalue weighted by atomic mass is 9.98. The Labute approximate surface area is 379 Å². The zero-order valence-corrected chi connectivity index (χ0v) is 35.7. The molecule has 4 heteroatoms. The number of hydrogen-bond acceptors (Lipinski definition) is 3. The van der Waals surface area contributed by atoms with Gasteiger partial charge in [0.15, 0.2) is 0 Å². The number of nitrogens with zero attached hydrogens (tertiary/aromatic N) is 2. The van der Waals surface area contributed by atoms with E-state index in [2.05, 4.69) is 228 Å². The van der Waals surface area contributed by atoms with E-state index in [-0.39, 0.29) is 0 Å². The Morgan fingerprint density at radius 2 is 0.955 bits per heavy atom. The second-order valence-corrected chi connectivity index (χ2v) is 17.2. The van der Waals surface area contributed by atoms with Crippen molar-refractivity contribution in [3.05, 3.63) is 231 Å². The topological polar surface area (TPSA) is 34.5 Å². The molecule has 308 valence electrons. The number of rotatable bonds is 6. The minimum absolute atomic E-state index is 0.826. The van der Waals surface area contributed by atoms with Crippen LogP contribution in [0.5, 0.6) is 0 Å². The molecule has 0 spiro atoms. The molecular formula is C62H38N2O2. The fourth-order valence-electron chi connectivity index (χ4n) is 10.5. The Morgan fingerprint density at radius 3 is 1.82 bits per heavy atom. The van der Waals surface area contributed by atoms with Gasteiger partial charge in [-0.15, -0.1) is 0 Å². The fourth-order valence-corrected chi connectivity index (χ4v) is 10.5. The molecule has 0 atom stereocenters. The summed E-state index contributed by atoms with van der Waals surface area (Å²) in [5, 5.41) is 11.5. The van der Waals surface area contributed by atoms with Gasteiger partial charge in [0.2, 0.25) is 0 Å². The zero-order chi connectivity index (χ0) is 43.3. The second-order valence-electron chi connectivity index (χ2n) is 17.2. The van der Waals surface area contributed by atoms with E-state index >= 15 is 0 Å². The Kier molecular flexibility index (Phi) is 7.95. The van der Waals surface area contributed by atoms with E-state index in [0.717, 1.165) is 94.4 Å². The maximum Gasteiger partial charge on any atom is 0.145 e. The van der Waals surface area contributed by atoms with E-state index in [9.17, 15) is 0 Å². The van der Waals surface area contributed by atoms with Crippen LogP contribution < -0.4 is 4.90 Å². The lowest BCUT2D eigenvalue weighted by Crippen LogP contribution is -2.11. The van der Waals surface area contributed by atoms with Crippen molar-refractivity contribution in [2.75, 3.05) is 4.90 Å². The molecule has 4 nitrogen and oxygen atoms in total. The largest absolute Gasteiger partial charge is 0.456 e. The first-order chi connectivity index (χ1) is 32.7. The molecular weight excluding hydrogens is 805 g/mol. The number of aromatic nitrogens is 1. The van der Waals surface area contributed by atoms with Crippen LogP contribution in [0.2, 0.25) is 0 Å². The summed E-state index contributed by atoms with van der Waals surface area (Å²) in [7, 11) is 0. The number of para-hydroxylation sites is 3. The van der Waals surface area contributed by atoms with Crippen LogP contribution in [0.4, 0.5) is 17.1 Å². The molecule has 0 fully saturated rings. The van der Waals surface area contributed by atoms with Crippen LogP contribution in [0, 0.1) is 0 Å². The monoisotopic (exact) mass is 842 g/mol. The van der Waals surface area contributed by atoms with Gasteiger partial charge >= 0.3 is 0 Å². The van der Waals surface area contributed by atoms with Gasteiger partial charge in [0.1, 0.15) is 22.3 Å². The Bertz CT molecular complexity index is 4240. The van der Waals surface area contributed by atoms with Gasteiger partial charge in [-0.1, -0.05) is 152 Å². The lowest BCUT2D eigenvalue weighted by Gasteiger charge is -2.28. The highest BCUT2D eigenvalue weighted by Gasteiger charge is 2.26. The number of hydrogen-bond donors (Lipinski definition) is 0. The number of fused-ring (bicyclic) bond motifs is 11. The van der Waals surface area contributed by atoms with Crippen LogP contribution in [-0.4, -0.2) is 4.57 Å². The highest BCUT2D eigenvalue weighted by molar-refractivity contribution is 6.21. The van der Waals surface area contributed by atoms with Crippen molar-refractivity contribution in [2.24, 2.45) is 0 Å². The van der Waals surface area contributed by atoms with Crippen molar-refractivity contribution < 1.29 is 8.83 Å². The second kappa shape index (κ2) is 14.3. The third-order valence-electron chi connectivity index (χ3n) is 13.6. The zero-order valence-electron chi connectivity index (χ0n) is 35.7. The van der Waals surface area contributed by atoms with Gasteiger partial charge < -0.3 is 18.3 Å². The van der Waals surface area contributed by atoms with Crippen molar-refractivity contribution in [1.82, 2.24) is 4.57 Å². The average Bonchev–Trinajstić information content (AvgIpc) is 4.06. The number of benzene rings is 11. The smallest absolute Gasteiger partial charge is 0.145 e. The molecule has 0 saturated carbocycles. The Hall–Kier alpha value is -8.86. The van der Waals surface area contributed by atoms with Crippen molar-refractivity contribution in [1.29, 1.82) is 0 Å². The molecule has 0 bridgehead atoms. The molecule has 0 aliphatic rings. The van der Waals surface area contributed by atoms with Crippen molar-refractivity contribution in [3.8, 4) is 27.9 Å². The van der Waals surface area contributed by atoms with Gasteiger partial charge in [-0.05, 0) is 112 Å². The molecule has 0 aliphatic heterocycles. The predicted molar refractivity (Wildman–Crippen MR) is 276 cm³/mol. The van der Waals surface area contributed by atoms with Crippen LogP contribution in [0.3, 0.4) is 0 Å². The summed E-state index contributed by atoms with van der Waals surface area (Å²) in [6, 6.07) is 82.8. The van der Waals surface area contributed by atoms with Crippen LogP contribution in [0.25, 0.3) is 115 Å². The lowest BCUT2D eigenvalue weighted by molar-refractivity contribution is 0.668. The molecule has 3 aromatic heterocycles. The first-order valence-electron chi connectivity index (χ1n) is 22.5. The normalized spacial score (nSPS) is 11.9. The predicted octanol–water partition coefficient (Wildman–Crippen LogP) is 17.7. The Morgan fingerprint density at radius 1 is 0.333 bits per heavy atom. The minimum Gasteiger partial charge on any atom is -0.456 e. The molecule has 14 rings (SSSR count). The summed E-state index contributed by atoms with van der Waals surface area (Å²) in [6.07, 6.45) is 0. The van der Waals surface area contributed by atoms with Gasteiger partial charge in [0.25, 0.3) is 0 Å². The summed E-state index contributed by atoms with van der Waals surface area (Å²) in [4.78, 5) is 2.45. The first kappa shape index (κ1) is 36.6. The van der Waals surface area contributed by atoms with Crippen molar-refractivity contribution in [3.63, 3.8) is 0 Å². The van der Waals surface area contributed by atoms with E-state index in [0.29, 0.717) is 0 Å². The highest BCUT2D eigenvalue weighted by atomic mass is 16.3. The quantitative estimate of drug-likeness (QED) is 0.167. The van der Waals surface area contributed by atoms with Gasteiger partial charge in [-0.3, -0.25) is 0 Å². The minimum atomic E-state index is 0.826. The fraction of sp³-hybridized carbons (Fsp3) is 0. The molecule has 0 amide bonds. The van der Waals surface area contributed by atoms with Crippen LogP contribution in [0.1, 0.15) is 0 Å². The summed E-state index contributed by atoms with van der Waals surface area (Å²) in [6.45, 7) is 0. The van der Waals surface area contributed by atoms with Gasteiger partial charge in [-0.2, -0.15) is 0 Å². The average molecular weight is 843 g/mol. The standard InChI is InChI=1S/C62H38N2O2/c1-2-15-42-37-43(28-27-39(42)13-1)40-29-32-45(33-30-40)63(54-23-12-24-55-60(54)50-19-5-8-21-53(50)64(55)52-22-11-16-41-14-3-4-17-46(41)52)56-36-35-47(62-61(56)51-20-7-10-26-58(51)66-62)44-31-34-49-48-18-6-9-25-57(48)65-59(49)38-44/h1-38H. The molecule has 0 radical (unpaired) electrons. The van der Waals surface area contributed by atoms with E-state index < -0.39 is 0 Å². The third kappa shape index (κ3) is 5.52. The van der Waals surface area contributed by atoms with Crippen LogP contribution in [0.15, 0.2) is 239 Å². The number of anilines is 3. The molecule has 14 aromatic rings. The molecule has 0 saturated heterocycles. The summed E-state index contributed by atoms with van der Waals surface area (Å²) >= 11 is 0. The summed E-state index contributed by atoms with van der Waals surface area (Å²) < 4.78 is 15.8. The van der Waals surface area contributed by atoms with Crippen LogP contribution >= 0.6 is 0 Å². The number of furan rings is 2. The van der Waals surface area contributed by atoms with Gasteiger partial charge in [0, 0.05) is 43.6 Å². The van der Waals surface area contributed by atoms with E-state index in [4.69, 9.17) is 8.83 Å². The molecule has 66 heavy (non-hydrogen) atoms. The third-order valence-corrected chi connectivity index (χ3v) is 13.6. The first-order valence-corrected chi connectivity index (χ1v) is 22.5. The molecule has 0 aliphatic carbocycles. The van der Waals surface area contributed by atoms with E-state index in [1.807, 2.05) is 12.1 Å². The van der Waals surface area contributed by atoms with Crippen molar-refractivity contribution >= 4 is 104 Å². The Balaban J connectivity index is 1.04. The van der Waals surface area contributed by atoms with Gasteiger partial charge in [0.05, 0.1) is 33.5 Å². The maximum absolute atomic E-state index is 6.98. The maximum atomic E-state index is 6.98. The summed E-state index contributed by atoms with van der Waals surface area (Å²) in [5.41, 5.74) is 14.3.